The van der Waals surface area contributed by atoms with Crippen LogP contribution >= 0.6 is 15.9 Å². The summed E-state index contributed by atoms with van der Waals surface area (Å²) in [4.78, 5) is 0. The highest BCUT2D eigenvalue weighted by Gasteiger charge is 2.16. The van der Waals surface area contributed by atoms with Crippen molar-refractivity contribution in [2.45, 2.75) is 26.1 Å². The van der Waals surface area contributed by atoms with E-state index < -0.39 is 0 Å². The number of hydrogen-bond donors (Lipinski definition) is 0. The van der Waals surface area contributed by atoms with Crippen molar-refractivity contribution >= 4 is 15.9 Å². The lowest BCUT2D eigenvalue weighted by molar-refractivity contribution is 0.0408. The van der Waals surface area contributed by atoms with Crippen molar-refractivity contribution in [3.05, 3.63) is 33.8 Å². The minimum atomic E-state index is 0.358. The molecule has 2 rings (SSSR count). The van der Waals surface area contributed by atoms with Gasteiger partial charge in [0.1, 0.15) is 0 Å². The molecule has 0 radical (unpaired) electrons. The van der Waals surface area contributed by atoms with Crippen LogP contribution in [-0.4, -0.2) is 6.10 Å². The SMILES string of the molecule is C[C@H]1Cc2c(Br)cccc2CO1. The molecule has 0 N–H and O–H groups in total. The third kappa shape index (κ3) is 1.41. The fraction of sp³-hybridized carbons (Fsp3) is 0.400. The van der Waals surface area contributed by atoms with E-state index in [4.69, 9.17) is 4.74 Å². The van der Waals surface area contributed by atoms with Crippen LogP contribution in [0.3, 0.4) is 0 Å². The van der Waals surface area contributed by atoms with Crippen molar-refractivity contribution < 1.29 is 4.74 Å². The van der Waals surface area contributed by atoms with Crippen molar-refractivity contribution in [2.75, 3.05) is 0 Å². The lowest BCUT2D eigenvalue weighted by Gasteiger charge is -2.23. The summed E-state index contributed by atoms with van der Waals surface area (Å²) in [6.45, 7) is 2.87. The Hall–Kier alpha value is -0.340. The van der Waals surface area contributed by atoms with Gasteiger partial charge in [-0.25, -0.2) is 0 Å². The molecule has 0 saturated carbocycles. The molecule has 0 spiro atoms. The lowest BCUT2D eigenvalue weighted by atomic mass is 10.0. The molecule has 0 aromatic heterocycles. The first-order valence-corrected chi connectivity index (χ1v) is 4.94. The monoisotopic (exact) mass is 226 g/mol. The van der Waals surface area contributed by atoms with Crippen LogP contribution in [0.15, 0.2) is 22.7 Å². The standard InChI is InChI=1S/C10H11BrO/c1-7-5-9-8(6-12-7)3-2-4-10(9)11/h2-4,7H,5-6H2,1H3/t7-/m0/s1. The Bertz CT molecular complexity index is 296. The molecule has 1 aliphatic rings. The fourth-order valence-corrected chi connectivity index (χ4v) is 2.11. The van der Waals surface area contributed by atoms with Gasteiger partial charge in [0.2, 0.25) is 0 Å². The average Bonchev–Trinajstić information content (AvgIpc) is 2.07. The maximum absolute atomic E-state index is 5.54. The van der Waals surface area contributed by atoms with E-state index in [1.54, 1.807) is 0 Å². The van der Waals surface area contributed by atoms with E-state index in [1.807, 2.05) is 0 Å². The van der Waals surface area contributed by atoms with Crippen molar-refractivity contribution in [2.24, 2.45) is 0 Å². The van der Waals surface area contributed by atoms with Crippen LogP contribution in [-0.2, 0) is 17.8 Å². The summed E-state index contributed by atoms with van der Waals surface area (Å²) in [7, 11) is 0. The van der Waals surface area contributed by atoms with Crippen LogP contribution in [0.1, 0.15) is 18.1 Å². The lowest BCUT2D eigenvalue weighted by Crippen LogP contribution is -2.19. The molecule has 1 atom stereocenters. The van der Waals surface area contributed by atoms with Gasteiger partial charge in [-0.2, -0.15) is 0 Å². The van der Waals surface area contributed by atoms with E-state index in [2.05, 4.69) is 41.1 Å². The number of benzene rings is 1. The molecule has 1 aliphatic heterocycles. The third-order valence-corrected chi connectivity index (χ3v) is 2.97. The van der Waals surface area contributed by atoms with Gasteiger partial charge in [-0.05, 0) is 30.5 Å². The highest BCUT2D eigenvalue weighted by molar-refractivity contribution is 9.10. The summed E-state index contributed by atoms with van der Waals surface area (Å²) >= 11 is 3.55. The third-order valence-electron chi connectivity index (χ3n) is 2.23. The topological polar surface area (TPSA) is 9.23 Å². The van der Waals surface area contributed by atoms with E-state index in [9.17, 15) is 0 Å². The first kappa shape index (κ1) is 8.27. The molecule has 0 amide bonds. The van der Waals surface area contributed by atoms with Crippen LogP contribution in [0.5, 0.6) is 0 Å². The molecule has 0 bridgehead atoms. The number of hydrogen-bond acceptors (Lipinski definition) is 1. The first-order chi connectivity index (χ1) is 5.77. The highest BCUT2D eigenvalue weighted by atomic mass is 79.9. The molecule has 64 valence electrons. The summed E-state index contributed by atoms with van der Waals surface area (Å²) in [5, 5.41) is 0. The first-order valence-electron chi connectivity index (χ1n) is 4.15. The maximum Gasteiger partial charge on any atom is 0.0723 e. The number of halogens is 1. The van der Waals surface area contributed by atoms with Crippen molar-refractivity contribution in [1.29, 1.82) is 0 Å². The Morgan fingerprint density at radius 3 is 3.17 bits per heavy atom. The molecule has 1 aromatic rings. The summed E-state index contributed by atoms with van der Waals surface area (Å²) in [6, 6.07) is 6.28. The van der Waals surface area contributed by atoms with Gasteiger partial charge in [0.05, 0.1) is 12.7 Å². The van der Waals surface area contributed by atoms with Gasteiger partial charge in [-0.1, -0.05) is 28.1 Å². The fourth-order valence-electron chi connectivity index (χ4n) is 1.55. The maximum atomic E-state index is 5.54. The normalized spacial score (nSPS) is 22.0. The number of ether oxygens (including phenoxy) is 1. The van der Waals surface area contributed by atoms with Crippen LogP contribution in [0.2, 0.25) is 0 Å². The van der Waals surface area contributed by atoms with Gasteiger partial charge in [-0.15, -0.1) is 0 Å². The molecule has 12 heavy (non-hydrogen) atoms. The van der Waals surface area contributed by atoms with Gasteiger partial charge < -0.3 is 4.74 Å². The Kier molecular flexibility index (Phi) is 2.20. The largest absolute Gasteiger partial charge is 0.373 e. The van der Waals surface area contributed by atoms with Gasteiger partial charge in [0.25, 0.3) is 0 Å². The molecule has 2 heteroatoms. The second kappa shape index (κ2) is 3.19. The summed E-state index contributed by atoms with van der Waals surface area (Å²) in [6.07, 6.45) is 1.38. The van der Waals surface area contributed by atoms with E-state index in [0.717, 1.165) is 13.0 Å². The average molecular weight is 227 g/mol. The second-order valence-electron chi connectivity index (χ2n) is 3.20. The Labute approximate surface area is 80.9 Å². The Morgan fingerprint density at radius 2 is 2.33 bits per heavy atom. The molecule has 0 aliphatic carbocycles. The smallest absolute Gasteiger partial charge is 0.0723 e. The van der Waals surface area contributed by atoms with E-state index in [1.165, 1.54) is 15.6 Å². The van der Waals surface area contributed by atoms with Gasteiger partial charge in [0, 0.05) is 4.47 Å². The van der Waals surface area contributed by atoms with Crippen molar-refractivity contribution in [3.8, 4) is 0 Å². The van der Waals surface area contributed by atoms with Crippen molar-refractivity contribution in [1.82, 2.24) is 0 Å². The molecule has 0 saturated heterocycles. The summed E-state index contributed by atoms with van der Waals surface area (Å²) < 4.78 is 6.76. The van der Waals surface area contributed by atoms with Crippen LogP contribution in [0.4, 0.5) is 0 Å². The molecule has 1 aromatic carbocycles. The zero-order valence-corrected chi connectivity index (χ0v) is 8.60. The van der Waals surface area contributed by atoms with Crippen molar-refractivity contribution in [3.63, 3.8) is 0 Å². The molecular formula is C10H11BrO. The zero-order valence-electron chi connectivity index (χ0n) is 7.01. The van der Waals surface area contributed by atoms with Gasteiger partial charge in [0.15, 0.2) is 0 Å². The second-order valence-corrected chi connectivity index (χ2v) is 4.06. The quantitative estimate of drug-likeness (QED) is 0.662. The minimum absolute atomic E-state index is 0.358. The van der Waals surface area contributed by atoms with Gasteiger partial charge in [-0.3, -0.25) is 0 Å². The number of fused-ring (bicyclic) bond motifs is 1. The minimum Gasteiger partial charge on any atom is -0.373 e. The predicted octanol–water partition coefficient (Wildman–Crippen LogP) is 2.91. The molecule has 1 heterocycles. The van der Waals surface area contributed by atoms with E-state index in [-0.39, 0.29) is 0 Å². The summed E-state index contributed by atoms with van der Waals surface area (Å²) in [5.74, 6) is 0. The zero-order chi connectivity index (χ0) is 8.55. The highest BCUT2D eigenvalue weighted by Crippen LogP contribution is 2.27. The van der Waals surface area contributed by atoms with E-state index >= 15 is 0 Å². The molecular weight excluding hydrogens is 216 g/mol. The summed E-state index contributed by atoms with van der Waals surface area (Å²) in [5.41, 5.74) is 2.73. The van der Waals surface area contributed by atoms with E-state index in [0.29, 0.717) is 6.10 Å². The molecule has 1 nitrogen and oxygen atoms in total. The van der Waals surface area contributed by atoms with Crippen LogP contribution in [0, 0.1) is 0 Å². The molecule has 0 fully saturated rings. The Morgan fingerprint density at radius 1 is 1.50 bits per heavy atom. The molecule has 0 unspecified atom stereocenters. The predicted molar refractivity (Wildman–Crippen MR) is 52.1 cm³/mol. The van der Waals surface area contributed by atoms with Crippen LogP contribution < -0.4 is 0 Å². The Balaban J connectivity index is 2.43. The number of rotatable bonds is 0. The van der Waals surface area contributed by atoms with Crippen LogP contribution in [0.25, 0.3) is 0 Å². The van der Waals surface area contributed by atoms with Gasteiger partial charge >= 0.3 is 0 Å².